The highest BCUT2D eigenvalue weighted by atomic mass is 32.1. The Kier molecular flexibility index (Phi) is 4.99. The molecule has 146 valence electrons. The normalized spacial score (nSPS) is 16.6. The highest BCUT2D eigenvalue weighted by Gasteiger charge is 2.42. The smallest absolute Gasteiger partial charge is 0.254 e. The molecule has 1 amide bonds. The van der Waals surface area contributed by atoms with Crippen LogP contribution in [0.15, 0.2) is 48.8 Å². The molecular weight excluding hydrogens is 372 g/mol. The van der Waals surface area contributed by atoms with Crippen LogP contribution in [0.5, 0.6) is 0 Å². The quantitative estimate of drug-likeness (QED) is 0.693. The van der Waals surface area contributed by atoms with Crippen LogP contribution in [0.4, 0.5) is 5.13 Å². The molecular formula is C20H24N6OS. The topological polar surface area (TPSA) is 84.7 Å². The third-order valence-corrected chi connectivity index (χ3v) is 6.63. The molecule has 28 heavy (non-hydrogen) atoms. The molecule has 1 aliphatic heterocycles. The van der Waals surface area contributed by atoms with E-state index in [1.165, 1.54) is 11.3 Å². The van der Waals surface area contributed by atoms with Crippen molar-refractivity contribution < 1.29 is 4.79 Å². The molecule has 0 spiro atoms. The van der Waals surface area contributed by atoms with Crippen molar-refractivity contribution in [2.75, 3.05) is 18.4 Å². The Balaban J connectivity index is 1.57. The van der Waals surface area contributed by atoms with Gasteiger partial charge in [-0.05, 0) is 51.4 Å². The van der Waals surface area contributed by atoms with E-state index in [0.29, 0.717) is 18.0 Å². The van der Waals surface area contributed by atoms with Crippen LogP contribution in [0.1, 0.15) is 37.3 Å². The summed E-state index contributed by atoms with van der Waals surface area (Å²) in [7, 11) is 0. The highest BCUT2D eigenvalue weighted by molar-refractivity contribution is 7.15. The van der Waals surface area contributed by atoms with E-state index in [2.05, 4.69) is 51.9 Å². The van der Waals surface area contributed by atoms with Crippen molar-refractivity contribution in [2.24, 2.45) is 0 Å². The zero-order chi connectivity index (χ0) is 19.6. The van der Waals surface area contributed by atoms with Crippen LogP contribution in [-0.4, -0.2) is 39.0 Å². The van der Waals surface area contributed by atoms with Crippen molar-refractivity contribution >= 4 is 22.4 Å². The summed E-state index contributed by atoms with van der Waals surface area (Å²) in [4.78, 5) is 13.3. The first kappa shape index (κ1) is 18.8. The lowest BCUT2D eigenvalue weighted by Crippen LogP contribution is -2.52. The van der Waals surface area contributed by atoms with Crippen molar-refractivity contribution in [2.45, 2.75) is 37.6 Å². The van der Waals surface area contributed by atoms with Crippen LogP contribution in [0.2, 0.25) is 0 Å². The molecule has 1 aliphatic rings. The fraction of sp³-hybridized carbons (Fsp3) is 0.400. The van der Waals surface area contributed by atoms with Crippen LogP contribution in [0.25, 0.3) is 0 Å². The van der Waals surface area contributed by atoms with Crippen LogP contribution in [-0.2, 0) is 15.7 Å². The number of benzene rings is 1. The first-order chi connectivity index (χ1) is 13.5. The second-order valence-corrected chi connectivity index (χ2v) is 8.57. The molecule has 1 fully saturated rings. The van der Waals surface area contributed by atoms with Gasteiger partial charge in [-0.3, -0.25) is 14.8 Å². The molecule has 8 heteroatoms. The van der Waals surface area contributed by atoms with Crippen molar-refractivity contribution in [3.8, 4) is 0 Å². The maximum atomic E-state index is 13.3. The van der Waals surface area contributed by atoms with Gasteiger partial charge in [-0.25, -0.2) is 0 Å². The van der Waals surface area contributed by atoms with Gasteiger partial charge in [-0.15, -0.1) is 10.2 Å². The number of aromatic nitrogens is 4. The lowest BCUT2D eigenvalue weighted by Gasteiger charge is -2.36. The zero-order valence-electron chi connectivity index (χ0n) is 16.1. The Hall–Kier alpha value is -2.58. The molecule has 0 unspecified atom stereocenters. The third kappa shape index (κ3) is 3.33. The fourth-order valence-electron chi connectivity index (χ4n) is 3.64. The van der Waals surface area contributed by atoms with Gasteiger partial charge in [0.05, 0.1) is 0 Å². The van der Waals surface area contributed by atoms with Crippen LogP contribution < -0.4 is 10.6 Å². The molecule has 1 aromatic carbocycles. The molecule has 2 N–H and O–H groups in total. The number of rotatable bonds is 5. The Morgan fingerprint density at radius 2 is 1.93 bits per heavy atom. The maximum Gasteiger partial charge on any atom is 0.254 e. The van der Waals surface area contributed by atoms with E-state index < -0.39 is 5.54 Å². The molecule has 0 aliphatic carbocycles. The van der Waals surface area contributed by atoms with Crippen LogP contribution in [0.3, 0.4) is 0 Å². The Labute approximate surface area is 168 Å². The summed E-state index contributed by atoms with van der Waals surface area (Å²) < 4.78 is 1.78. The second kappa shape index (κ2) is 7.44. The maximum absolute atomic E-state index is 13.3. The minimum absolute atomic E-state index is 0.0853. The summed E-state index contributed by atoms with van der Waals surface area (Å²) in [5.74, 6) is -0.0853. The van der Waals surface area contributed by atoms with E-state index in [1.54, 1.807) is 10.9 Å². The third-order valence-electron chi connectivity index (χ3n) is 5.47. The van der Waals surface area contributed by atoms with Crippen molar-refractivity contribution in [1.82, 2.24) is 25.3 Å². The number of nitrogens with one attached hydrogen (secondary N) is 2. The van der Waals surface area contributed by atoms with Gasteiger partial charge in [0.1, 0.15) is 10.5 Å². The SMILES string of the molecule is CC(C)(c1ccccc1)c1nnc(NC(=O)C2(n3cccn3)CCNCC2)s1. The largest absolute Gasteiger partial charge is 0.317 e. The molecule has 3 heterocycles. The molecule has 0 atom stereocenters. The van der Waals surface area contributed by atoms with Crippen LogP contribution >= 0.6 is 11.3 Å². The standard InChI is InChI=1S/C20H24N6OS/c1-19(2,15-7-4-3-5-8-15)17-24-25-18(28-17)23-16(27)20(9-12-21-13-10-20)26-14-6-11-22-26/h3-8,11,14,21H,9-10,12-13H2,1-2H3,(H,23,25,27). The average molecular weight is 397 g/mol. The zero-order valence-corrected chi connectivity index (χ0v) is 16.9. The van der Waals surface area contributed by atoms with Crippen molar-refractivity contribution in [1.29, 1.82) is 0 Å². The predicted molar refractivity (Wildman–Crippen MR) is 109 cm³/mol. The number of carbonyl (C=O) groups is 1. The summed E-state index contributed by atoms with van der Waals surface area (Å²) in [5, 5.41) is 20.7. The number of hydrogen-bond acceptors (Lipinski definition) is 6. The summed E-state index contributed by atoms with van der Waals surface area (Å²) in [6.07, 6.45) is 4.93. The van der Waals surface area contributed by atoms with Gasteiger partial charge in [-0.1, -0.05) is 41.7 Å². The summed E-state index contributed by atoms with van der Waals surface area (Å²) in [5.41, 5.74) is 0.182. The fourth-order valence-corrected chi connectivity index (χ4v) is 4.50. The van der Waals surface area contributed by atoms with Gasteiger partial charge >= 0.3 is 0 Å². The highest BCUT2D eigenvalue weighted by Crippen LogP contribution is 2.35. The monoisotopic (exact) mass is 396 g/mol. The summed E-state index contributed by atoms with van der Waals surface area (Å²) >= 11 is 1.42. The van der Waals surface area contributed by atoms with Gasteiger partial charge < -0.3 is 5.32 Å². The van der Waals surface area contributed by atoms with E-state index in [0.717, 1.165) is 23.7 Å². The van der Waals surface area contributed by atoms with E-state index in [4.69, 9.17) is 0 Å². The minimum atomic E-state index is -0.699. The first-order valence-corrected chi connectivity index (χ1v) is 10.3. The Morgan fingerprint density at radius 3 is 2.61 bits per heavy atom. The van der Waals surface area contributed by atoms with Crippen molar-refractivity contribution in [3.05, 3.63) is 59.4 Å². The lowest BCUT2D eigenvalue weighted by molar-refractivity contribution is -0.126. The van der Waals surface area contributed by atoms with E-state index in [9.17, 15) is 4.79 Å². The van der Waals surface area contributed by atoms with Gasteiger partial charge in [0.25, 0.3) is 5.91 Å². The number of piperidine rings is 1. The first-order valence-electron chi connectivity index (χ1n) is 9.44. The average Bonchev–Trinajstić information content (AvgIpc) is 3.42. The molecule has 7 nitrogen and oxygen atoms in total. The molecule has 1 saturated heterocycles. The second-order valence-electron chi connectivity index (χ2n) is 7.59. The molecule has 2 aromatic heterocycles. The number of carbonyl (C=O) groups excluding carboxylic acids is 1. The van der Waals surface area contributed by atoms with Crippen LogP contribution in [0, 0.1) is 0 Å². The van der Waals surface area contributed by atoms with Gasteiger partial charge in [-0.2, -0.15) is 5.10 Å². The molecule has 0 radical (unpaired) electrons. The van der Waals surface area contributed by atoms with Gasteiger partial charge in [0.2, 0.25) is 5.13 Å². The lowest BCUT2D eigenvalue weighted by atomic mass is 9.85. The van der Waals surface area contributed by atoms with E-state index >= 15 is 0 Å². The van der Waals surface area contributed by atoms with Gasteiger partial charge in [0, 0.05) is 17.8 Å². The number of hydrogen-bond donors (Lipinski definition) is 2. The number of nitrogens with zero attached hydrogens (tertiary/aromatic N) is 4. The van der Waals surface area contributed by atoms with E-state index in [-0.39, 0.29) is 11.3 Å². The minimum Gasteiger partial charge on any atom is -0.317 e. The van der Waals surface area contributed by atoms with Crippen molar-refractivity contribution in [3.63, 3.8) is 0 Å². The Bertz CT molecular complexity index is 929. The summed E-state index contributed by atoms with van der Waals surface area (Å²) in [6.45, 7) is 5.78. The molecule has 3 aromatic rings. The number of anilines is 1. The Morgan fingerprint density at radius 1 is 1.18 bits per heavy atom. The number of amides is 1. The molecule has 4 rings (SSSR count). The molecule has 0 bridgehead atoms. The van der Waals surface area contributed by atoms with Gasteiger partial charge in [0.15, 0.2) is 0 Å². The predicted octanol–water partition coefficient (Wildman–Crippen LogP) is 2.78. The molecule has 0 saturated carbocycles. The van der Waals surface area contributed by atoms with E-state index in [1.807, 2.05) is 30.5 Å². The summed E-state index contributed by atoms with van der Waals surface area (Å²) in [6, 6.07) is 12.1.